The standard InChI is InChI=1S/C13H16N4O/c1-12(2)6-13(12,7-18)10-3-4-11(15-5-10)17-9-14-8-16-17/h3-5,8-9,18H,6-7H2,1-2H3. The Kier molecular flexibility index (Phi) is 2.28. The summed E-state index contributed by atoms with van der Waals surface area (Å²) in [6.07, 6.45) is 5.93. The summed E-state index contributed by atoms with van der Waals surface area (Å²) in [6, 6.07) is 3.94. The highest BCUT2D eigenvalue weighted by Gasteiger charge is 2.61. The highest BCUT2D eigenvalue weighted by molar-refractivity contribution is 5.38. The number of aromatic nitrogens is 4. The average Bonchev–Trinajstić information content (AvgIpc) is 2.78. The van der Waals surface area contributed by atoms with Gasteiger partial charge in [0.15, 0.2) is 5.82 Å². The lowest BCUT2D eigenvalue weighted by Gasteiger charge is -2.18. The molecule has 1 fully saturated rings. The monoisotopic (exact) mass is 244 g/mol. The Bertz CT molecular complexity index is 547. The highest BCUT2D eigenvalue weighted by Crippen LogP contribution is 2.63. The van der Waals surface area contributed by atoms with Crippen LogP contribution in [0.2, 0.25) is 0 Å². The van der Waals surface area contributed by atoms with Crippen molar-refractivity contribution in [3.8, 4) is 5.82 Å². The van der Waals surface area contributed by atoms with E-state index in [1.807, 2.05) is 18.3 Å². The van der Waals surface area contributed by atoms with E-state index < -0.39 is 0 Å². The fraction of sp³-hybridized carbons (Fsp3) is 0.462. The molecule has 5 heteroatoms. The molecule has 2 heterocycles. The van der Waals surface area contributed by atoms with Crippen LogP contribution in [-0.4, -0.2) is 31.5 Å². The zero-order valence-corrected chi connectivity index (χ0v) is 10.5. The van der Waals surface area contributed by atoms with Crippen LogP contribution in [0.4, 0.5) is 0 Å². The molecule has 1 N–H and O–H groups in total. The van der Waals surface area contributed by atoms with E-state index in [0.29, 0.717) is 0 Å². The van der Waals surface area contributed by atoms with E-state index in [4.69, 9.17) is 0 Å². The molecule has 1 atom stereocenters. The highest BCUT2D eigenvalue weighted by atomic mass is 16.3. The van der Waals surface area contributed by atoms with Crippen LogP contribution in [0.3, 0.4) is 0 Å². The van der Waals surface area contributed by atoms with Crippen molar-refractivity contribution >= 4 is 0 Å². The first kappa shape index (κ1) is 11.3. The molecule has 3 rings (SSSR count). The molecule has 1 aliphatic carbocycles. The van der Waals surface area contributed by atoms with Crippen LogP contribution in [0, 0.1) is 5.41 Å². The SMILES string of the molecule is CC1(C)CC1(CO)c1ccc(-n2cncn2)nc1. The lowest BCUT2D eigenvalue weighted by atomic mass is 9.90. The van der Waals surface area contributed by atoms with Gasteiger partial charge in [0.25, 0.3) is 0 Å². The number of aliphatic hydroxyl groups excluding tert-OH is 1. The molecule has 0 saturated heterocycles. The van der Waals surface area contributed by atoms with Gasteiger partial charge >= 0.3 is 0 Å². The van der Waals surface area contributed by atoms with E-state index in [-0.39, 0.29) is 17.4 Å². The molecule has 1 saturated carbocycles. The van der Waals surface area contributed by atoms with Crippen molar-refractivity contribution in [2.75, 3.05) is 6.61 Å². The maximum absolute atomic E-state index is 9.64. The Labute approximate surface area is 106 Å². The Morgan fingerprint density at radius 3 is 2.61 bits per heavy atom. The summed E-state index contributed by atoms with van der Waals surface area (Å²) in [5.41, 5.74) is 1.12. The molecule has 1 aliphatic rings. The van der Waals surface area contributed by atoms with Gasteiger partial charge in [-0.15, -0.1) is 0 Å². The second-order valence-corrected chi connectivity index (χ2v) is 5.55. The van der Waals surface area contributed by atoms with Gasteiger partial charge in [-0.25, -0.2) is 14.6 Å². The number of aliphatic hydroxyl groups is 1. The maximum Gasteiger partial charge on any atom is 0.155 e. The predicted molar refractivity (Wildman–Crippen MR) is 66.3 cm³/mol. The van der Waals surface area contributed by atoms with E-state index in [1.54, 1.807) is 11.0 Å². The first-order chi connectivity index (χ1) is 8.59. The Hall–Kier alpha value is -1.75. The van der Waals surface area contributed by atoms with Crippen molar-refractivity contribution in [3.63, 3.8) is 0 Å². The zero-order chi connectivity index (χ0) is 12.8. The number of hydrogen-bond acceptors (Lipinski definition) is 4. The lowest BCUT2D eigenvalue weighted by Crippen LogP contribution is -2.19. The molecule has 0 radical (unpaired) electrons. The van der Waals surface area contributed by atoms with Crippen LogP contribution >= 0.6 is 0 Å². The zero-order valence-electron chi connectivity index (χ0n) is 10.5. The fourth-order valence-corrected chi connectivity index (χ4v) is 2.70. The lowest BCUT2D eigenvalue weighted by molar-refractivity contribution is 0.231. The largest absolute Gasteiger partial charge is 0.395 e. The molecule has 18 heavy (non-hydrogen) atoms. The minimum absolute atomic E-state index is 0.124. The van der Waals surface area contributed by atoms with Gasteiger partial charge in [0.05, 0.1) is 6.61 Å². The molecule has 0 aromatic carbocycles. The van der Waals surface area contributed by atoms with Crippen molar-refractivity contribution in [3.05, 3.63) is 36.5 Å². The van der Waals surface area contributed by atoms with Crippen molar-refractivity contribution in [2.24, 2.45) is 5.41 Å². The van der Waals surface area contributed by atoms with Crippen LogP contribution in [0.5, 0.6) is 0 Å². The minimum atomic E-state index is -0.124. The predicted octanol–water partition coefficient (Wildman–Crippen LogP) is 1.32. The van der Waals surface area contributed by atoms with E-state index in [0.717, 1.165) is 17.8 Å². The summed E-state index contributed by atoms with van der Waals surface area (Å²) in [4.78, 5) is 8.28. The average molecular weight is 244 g/mol. The Balaban J connectivity index is 1.93. The van der Waals surface area contributed by atoms with Gasteiger partial charge in [-0.3, -0.25) is 0 Å². The summed E-state index contributed by atoms with van der Waals surface area (Å²) >= 11 is 0. The minimum Gasteiger partial charge on any atom is -0.395 e. The van der Waals surface area contributed by atoms with E-state index >= 15 is 0 Å². The third-order valence-corrected chi connectivity index (χ3v) is 4.14. The summed E-state index contributed by atoms with van der Waals surface area (Å²) in [5.74, 6) is 0.739. The Morgan fingerprint density at radius 1 is 1.39 bits per heavy atom. The number of hydrogen-bond donors (Lipinski definition) is 1. The van der Waals surface area contributed by atoms with Gasteiger partial charge in [-0.2, -0.15) is 5.10 Å². The van der Waals surface area contributed by atoms with Gasteiger partial charge in [-0.05, 0) is 23.5 Å². The normalized spacial score (nSPS) is 25.1. The number of rotatable bonds is 3. The second kappa shape index (κ2) is 3.62. The molecular weight excluding hydrogens is 228 g/mol. The smallest absolute Gasteiger partial charge is 0.155 e. The maximum atomic E-state index is 9.64. The summed E-state index contributed by atoms with van der Waals surface area (Å²) in [6.45, 7) is 4.52. The molecule has 0 amide bonds. The van der Waals surface area contributed by atoms with Crippen molar-refractivity contribution < 1.29 is 5.11 Å². The molecule has 0 spiro atoms. The summed E-state index contributed by atoms with van der Waals surface area (Å²) in [7, 11) is 0. The summed E-state index contributed by atoms with van der Waals surface area (Å²) < 4.78 is 1.62. The van der Waals surface area contributed by atoms with Gasteiger partial charge in [0.2, 0.25) is 0 Å². The molecule has 0 bridgehead atoms. The fourth-order valence-electron chi connectivity index (χ4n) is 2.70. The van der Waals surface area contributed by atoms with Gasteiger partial charge < -0.3 is 5.11 Å². The van der Waals surface area contributed by atoms with Crippen molar-refractivity contribution in [1.29, 1.82) is 0 Å². The number of pyridine rings is 1. The molecule has 0 aliphatic heterocycles. The van der Waals surface area contributed by atoms with Crippen molar-refractivity contribution in [1.82, 2.24) is 19.7 Å². The molecule has 94 valence electrons. The number of nitrogens with zero attached hydrogens (tertiary/aromatic N) is 4. The molecule has 2 aromatic heterocycles. The molecule has 1 unspecified atom stereocenters. The second-order valence-electron chi connectivity index (χ2n) is 5.55. The third kappa shape index (κ3) is 1.47. The van der Waals surface area contributed by atoms with E-state index in [9.17, 15) is 5.11 Å². The van der Waals surface area contributed by atoms with Gasteiger partial charge in [0.1, 0.15) is 12.7 Å². The van der Waals surface area contributed by atoms with Crippen LogP contribution in [-0.2, 0) is 5.41 Å². The first-order valence-electron chi connectivity index (χ1n) is 6.01. The van der Waals surface area contributed by atoms with E-state index in [2.05, 4.69) is 28.9 Å². The Morgan fingerprint density at radius 2 is 2.17 bits per heavy atom. The molecule has 2 aromatic rings. The topological polar surface area (TPSA) is 63.8 Å². The van der Waals surface area contributed by atoms with Gasteiger partial charge in [0, 0.05) is 11.6 Å². The summed E-state index contributed by atoms with van der Waals surface area (Å²) in [5, 5.41) is 13.7. The van der Waals surface area contributed by atoms with Crippen LogP contribution in [0.15, 0.2) is 31.0 Å². The molecular formula is C13H16N4O. The third-order valence-electron chi connectivity index (χ3n) is 4.14. The molecule has 5 nitrogen and oxygen atoms in total. The van der Waals surface area contributed by atoms with Crippen molar-refractivity contribution in [2.45, 2.75) is 25.7 Å². The van der Waals surface area contributed by atoms with Crippen LogP contribution in [0.25, 0.3) is 5.82 Å². The quantitative estimate of drug-likeness (QED) is 0.884. The van der Waals surface area contributed by atoms with E-state index in [1.165, 1.54) is 6.33 Å². The van der Waals surface area contributed by atoms with Crippen LogP contribution in [0.1, 0.15) is 25.8 Å². The first-order valence-corrected chi connectivity index (χ1v) is 6.01. The van der Waals surface area contributed by atoms with Crippen LogP contribution < -0.4 is 0 Å². The van der Waals surface area contributed by atoms with Gasteiger partial charge in [-0.1, -0.05) is 19.9 Å².